The van der Waals surface area contributed by atoms with Crippen molar-refractivity contribution in [2.24, 2.45) is 13.0 Å². The third-order valence-corrected chi connectivity index (χ3v) is 13.3. The number of imide groups is 1. The highest BCUT2D eigenvalue weighted by atomic mass is 35.5. The summed E-state index contributed by atoms with van der Waals surface area (Å²) in [5.41, 5.74) is 6.40. The van der Waals surface area contributed by atoms with Crippen LogP contribution in [-0.4, -0.2) is 109 Å². The number of rotatable bonds is 12. The minimum absolute atomic E-state index is 0.228. The third kappa shape index (κ3) is 9.23. The number of methoxy groups -OCH3 is 1. The molecule has 3 saturated heterocycles. The van der Waals surface area contributed by atoms with Gasteiger partial charge < -0.3 is 29.7 Å². The van der Waals surface area contributed by atoms with Crippen LogP contribution < -0.4 is 40.7 Å². The smallest absolute Gasteiger partial charge is 0.328 e. The van der Waals surface area contributed by atoms with Crippen molar-refractivity contribution in [1.82, 2.24) is 30.0 Å². The number of ether oxygens (including phenoxy) is 1. The van der Waals surface area contributed by atoms with E-state index in [1.165, 1.54) is 6.20 Å². The van der Waals surface area contributed by atoms with Crippen molar-refractivity contribution in [2.75, 3.05) is 98.1 Å². The Balaban J connectivity index is 0.917. The Hall–Kier alpha value is -5.63. The molecule has 17 heteroatoms. The number of nitrogens with one attached hydrogen (secondary N) is 3. The minimum Gasteiger partial charge on any atom is -0.494 e. The predicted molar refractivity (Wildman–Crippen MR) is 240 cm³/mol. The minimum atomic E-state index is -2.58. The fourth-order valence-electron chi connectivity index (χ4n) is 8.26. The van der Waals surface area contributed by atoms with Gasteiger partial charge in [-0.1, -0.05) is 23.7 Å². The van der Waals surface area contributed by atoms with Gasteiger partial charge in [0.2, 0.25) is 11.9 Å². The van der Waals surface area contributed by atoms with Crippen molar-refractivity contribution < 1.29 is 18.9 Å². The molecule has 0 radical (unpaired) electrons. The first kappa shape index (κ1) is 41.1. The molecule has 60 heavy (non-hydrogen) atoms. The number of aryl methyl sites for hydroxylation is 1. The van der Waals surface area contributed by atoms with Crippen molar-refractivity contribution in [2.45, 2.75) is 19.3 Å². The van der Waals surface area contributed by atoms with Crippen LogP contribution in [0.5, 0.6) is 5.75 Å². The maximum absolute atomic E-state index is 13.0. The van der Waals surface area contributed by atoms with Gasteiger partial charge in [0, 0.05) is 112 Å². The fraction of sp³-hybridized carbons (Fsp3) is 0.372. The van der Waals surface area contributed by atoms with Gasteiger partial charge in [-0.15, -0.1) is 0 Å². The van der Waals surface area contributed by atoms with Crippen molar-refractivity contribution in [1.29, 1.82) is 0 Å². The van der Waals surface area contributed by atoms with Crippen LogP contribution in [0.4, 0.5) is 45.0 Å². The van der Waals surface area contributed by atoms with E-state index in [4.69, 9.17) is 21.3 Å². The molecule has 0 spiro atoms. The number of amides is 3. The molecule has 3 N–H and O–H groups in total. The summed E-state index contributed by atoms with van der Waals surface area (Å²) in [6, 6.07) is 19.3. The second-order valence-electron chi connectivity index (χ2n) is 16.0. The highest BCUT2D eigenvalue weighted by Gasteiger charge is 2.28. The van der Waals surface area contributed by atoms with E-state index in [9.17, 15) is 14.2 Å². The number of carbonyl (C=O) groups is 2. The standard InChI is InChI=1S/C43H51ClN11O4P/c1-51-28-30(25-46-51)33-23-36(48-42-45-26-34(44)41(50-42)47-35-7-5-6-8-39(35)60(3,4)58)38(59-2)24-37(33)54-16-13-29(14-17-54)27-52-19-21-53(22-20-52)31-9-11-32(12-10-31)55-18-15-40(56)49-43(55)57/h5-12,23-26,28-29H,13-22,27H2,1-4H3,(H,49,56,57)(H2,45,47,48,50). The number of hydrogen-bond donors (Lipinski definition) is 3. The van der Waals surface area contributed by atoms with Crippen LogP contribution >= 0.6 is 18.7 Å². The average molecular weight is 852 g/mol. The molecule has 3 amide bonds. The molecule has 15 nitrogen and oxygen atoms in total. The number of carbonyl (C=O) groups excluding carboxylic acids is 2. The van der Waals surface area contributed by atoms with Gasteiger partial charge in [-0.3, -0.25) is 24.6 Å². The molecule has 8 rings (SSSR count). The van der Waals surface area contributed by atoms with Gasteiger partial charge >= 0.3 is 6.03 Å². The Kier molecular flexibility index (Phi) is 12.0. The molecule has 0 aliphatic carbocycles. The zero-order valence-corrected chi connectivity index (χ0v) is 36.0. The summed E-state index contributed by atoms with van der Waals surface area (Å²) in [6.07, 6.45) is 7.90. The van der Waals surface area contributed by atoms with Gasteiger partial charge in [0.25, 0.3) is 0 Å². The molecule has 0 unspecified atom stereocenters. The number of nitrogens with zero attached hydrogens (tertiary/aromatic N) is 8. The molecule has 3 fully saturated rings. The lowest BCUT2D eigenvalue weighted by molar-refractivity contribution is -0.120. The molecule has 3 aromatic carbocycles. The maximum Gasteiger partial charge on any atom is 0.328 e. The fourth-order valence-corrected chi connectivity index (χ4v) is 9.56. The lowest BCUT2D eigenvalue weighted by Gasteiger charge is -2.40. The van der Waals surface area contributed by atoms with Crippen LogP contribution in [0, 0.1) is 5.92 Å². The van der Waals surface area contributed by atoms with Gasteiger partial charge in [-0.2, -0.15) is 10.1 Å². The van der Waals surface area contributed by atoms with E-state index < -0.39 is 7.14 Å². The van der Waals surface area contributed by atoms with E-state index >= 15 is 0 Å². The van der Waals surface area contributed by atoms with E-state index in [0.717, 1.165) is 86.8 Å². The quantitative estimate of drug-likeness (QED) is 0.114. The van der Waals surface area contributed by atoms with E-state index in [2.05, 4.69) is 65.0 Å². The summed E-state index contributed by atoms with van der Waals surface area (Å²) in [7, 11) is 1.00. The summed E-state index contributed by atoms with van der Waals surface area (Å²) in [5.74, 6) is 1.73. The molecule has 0 atom stereocenters. The zero-order valence-electron chi connectivity index (χ0n) is 34.4. The Morgan fingerprint density at radius 3 is 2.30 bits per heavy atom. The van der Waals surface area contributed by atoms with Gasteiger partial charge in [0.1, 0.15) is 17.9 Å². The van der Waals surface area contributed by atoms with Gasteiger partial charge in [-0.25, -0.2) is 9.78 Å². The van der Waals surface area contributed by atoms with Crippen molar-refractivity contribution in [3.63, 3.8) is 0 Å². The first-order valence-corrected chi connectivity index (χ1v) is 23.3. The maximum atomic E-state index is 13.0. The van der Waals surface area contributed by atoms with E-state index in [1.807, 2.05) is 55.8 Å². The van der Waals surface area contributed by atoms with E-state index in [0.29, 0.717) is 58.1 Å². The lowest BCUT2D eigenvalue weighted by Crippen LogP contribution is -2.49. The van der Waals surface area contributed by atoms with Gasteiger partial charge in [0.15, 0.2) is 5.82 Å². The highest BCUT2D eigenvalue weighted by Crippen LogP contribution is 2.42. The van der Waals surface area contributed by atoms with Crippen LogP contribution in [0.1, 0.15) is 19.3 Å². The van der Waals surface area contributed by atoms with Crippen molar-refractivity contribution >= 4 is 76.2 Å². The van der Waals surface area contributed by atoms with E-state index in [-0.39, 0.29) is 11.9 Å². The monoisotopic (exact) mass is 851 g/mol. The number of piperidine rings is 1. The number of piperazine rings is 1. The Morgan fingerprint density at radius 2 is 1.62 bits per heavy atom. The lowest BCUT2D eigenvalue weighted by atomic mass is 9.94. The first-order valence-electron chi connectivity index (χ1n) is 20.3. The van der Waals surface area contributed by atoms with Crippen LogP contribution in [0.25, 0.3) is 11.1 Å². The number of urea groups is 1. The topological polar surface area (TPSA) is 153 Å². The number of hydrogen-bond acceptors (Lipinski definition) is 12. The molecule has 5 aromatic rings. The number of benzene rings is 3. The first-order chi connectivity index (χ1) is 28.9. The Bertz CT molecular complexity index is 2410. The summed E-state index contributed by atoms with van der Waals surface area (Å²) < 4.78 is 20.8. The molecular formula is C43H51ClN11O4P. The molecule has 0 bridgehead atoms. The second kappa shape index (κ2) is 17.5. The molecular weight excluding hydrogens is 801 g/mol. The van der Waals surface area contributed by atoms with Crippen LogP contribution in [-0.2, 0) is 16.4 Å². The van der Waals surface area contributed by atoms with Crippen molar-refractivity contribution in [3.05, 3.63) is 84.3 Å². The van der Waals surface area contributed by atoms with Crippen molar-refractivity contribution in [3.8, 4) is 16.9 Å². The summed E-state index contributed by atoms with van der Waals surface area (Å²) in [4.78, 5) is 42.1. The largest absolute Gasteiger partial charge is 0.494 e. The van der Waals surface area contributed by atoms with Gasteiger partial charge in [0.05, 0.1) is 30.9 Å². The second-order valence-corrected chi connectivity index (χ2v) is 19.6. The van der Waals surface area contributed by atoms with Gasteiger partial charge in [-0.05, 0) is 74.6 Å². The molecule has 0 saturated carbocycles. The number of para-hydroxylation sites is 1. The Labute approximate surface area is 355 Å². The molecule has 3 aliphatic rings. The number of anilines is 7. The molecule has 314 valence electrons. The molecule has 2 aromatic heterocycles. The molecule has 3 aliphatic heterocycles. The third-order valence-electron chi connectivity index (χ3n) is 11.5. The van der Waals surface area contributed by atoms with Crippen LogP contribution in [0.3, 0.4) is 0 Å². The van der Waals surface area contributed by atoms with Crippen LogP contribution in [0.2, 0.25) is 5.02 Å². The number of halogens is 1. The molecule has 5 heterocycles. The van der Waals surface area contributed by atoms with E-state index in [1.54, 1.807) is 30.0 Å². The highest BCUT2D eigenvalue weighted by molar-refractivity contribution is 7.70. The Morgan fingerprint density at radius 1 is 0.883 bits per heavy atom. The summed E-state index contributed by atoms with van der Waals surface area (Å²) >= 11 is 6.57. The predicted octanol–water partition coefficient (Wildman–Crippen LogP) is 6.76. The summed E-state index contributed by atoms with van der Waals surface area (Å²) in [5, 5.41) is 14.6. The zero-order chi connectivity index (χ0) is 42.0. The SMILES string of the molecule is COc1cc(N2CCC(CN3CCN(c4ccc(N5CCC(=O)NC5=O)cc4)CC3)CC2)c(-c2cnn(C)c2)cc1Nc1ncc(Cl)c(Nc2ccccc2P(C)(C)=O)n1. The summed E-state index contributed by atoms with van der Waals surface area (Å²) in [6.45, 7) is 10.7. The average Bonchev–Trinajstić information content (AvgIpc) is 3.68. The van der Waals surface area contributed by atoms with Crippen LogP contribution in [0.15, 0.2) is 79.3 Å². The number of aromatic nitrogens is 4. The normalized spacial score (nSPS) is 16.9.